The van der Waals surface area contributed by atoms with E-state index in [9.17, 15) is 5.11 Å². The summed E-state index contributed by atoms with van der Waals surface area (Å²) in [6.45, 7) is 4.43. The second kappa shape index (κ2) is 13.8. The monoisotopic (exact) mass is 519 g/mol. The van der Waals surface area contributed by atoms with Crippen molar-refractivity contribution >= 4 is 0 Å². The number of unbranched alkanes of at least 4 members (excludes halogenated alkanes) is 1. The van der Waals surface area contributed by atoms with Gasteiger partial charge in [0.2, 0.25) is 5.88 Å². The van der Waals surface area contributed by atoms with Gasteiger partial charge in [-0.05, 0) is 30.7 Å². The second-order valence-corrected chi connectivity index (χ2v) is 9.23. The van der Waals surface area contributed by atoms with Crippen LogP contribution in [0.2, 0.25) is 0 Å². The Hall–Kier alpha value is -3.59. The van der Waals surface area contributed by atoms with Gasteiger partial charge in [-0.2, -0.15) is 5.10 Å². The largest absolute Gasteiger partial charge is 0.497 e. The highest BCUT2D eigenvalue weighted by atomic mass is 16.5. The van der Waals surface area contributed by atoms with Gasteiger partial charge in [0, 0.05) is 38.4 Å². The molecule has 38 heavy (non-hydrogen) atoms. The number of rotatable bonds is 15. The molecule has 8 heteroatoms. The Morgan fingerprint density at radius 1 is 1.03 bits per heavy atom. The Bertz CT molecular complexity index is 1240. The van der Waals surface area contributed by atoms with Crippen LogP contribution < -0.4 is 9.47 Å². The number of hydrogen-bond acceptors (Lipinski definition) is 7. The Morgan fingerprint density at radius 3 is 2.58 bits per heavy atom. The van der Waals surface area contributed by atoms with Crippen molar-refractivity contribution in [3.63, 3.8) is 0 Å². The quantitative estimate of drug-likeness (QED) is 0.203. The van der Waals surface area contributed by atoms with Crippen molar-refractivity contribution in [2.75, 3.05) is 26.9 Å². The summed E-state index contributed by atoms with van der Waals surface area (Å²) in [7, 11) is 3.50. The molecule has 8 nitrogen and oxygen atoms in total. The maximum absolute atomic E-state index is 10.8. The Kier molecular flexibility index (Phi) is 9.97. The number of nitrogens with zero attached hydrogens (tertiary/aromatic N) is 3. The number of benzene rings is 2. The summed E-state index contributed by atoms with van der Waals surface area (Å²) < 4.78 is 24.9. The van der Waals surface area contributed by atoms with Crippen LogP contribution in [0.15, 0.2) is 77.4 Å². The maximum atomic E-state index is 10.8. The zero-order chi connectivity index (χ0) is 26.7. The van der Waals surface area contributed by atoms with E-state index in [1.165, 1.54) is 0 Å². The first-order valence-electron chi connectivity index (χ1n) is 13.0. The molecule has 0 radical (unpaired) electrons. The molecular weight excluding hydrogens is 482 g/mol. The minimum atomic E-state index is -0.651. The minimum Gasteiger partial charge on any atom is -0.497 e. The Morgan fingerprint density at radius 2 is 1.84 bits per heavy atom. The summed E-state index contributed by atoms with van der Waals surface area (Å²) in [5, 5.41) is 15.7. The minimum absolute atomic E-state index is 0.278. The van der Waals surface area contributed by atoms with Crippen LogP contribution in [0.25, 0.3) is 11.3 Å². The lowest BCUT2D eigenvalue weighted by Gasteiger charge is -2.25. The number of furan rings is 1. The van der Waals surface area contributed by atoms with Crippen LogP contribution in [-0.4, -0.2) is 52.8 Å². The number of aryl methyl sites for hydroxylation is 1. The molecule has 0 aliphatic heterocycles. The summed E-state index contributed by atoms with van der Waals surface area (Å²) in [5.41, 5.74) is 2.72. The molecule has 4 rings (SSSR count). The first kappa shape index (κ1) is 27.4. The van der Waals surface area contributed by atoms with E-state index in [4.69, 9.17) is 23.7 Å². The van der Waals surface area contributed by atoms with Crippen molar-refractivity contribution in [1.29, 1.82) is 0 Å². The molecule has 202 valence electrons. The molecule has 0 aliphatic rings. The standard InChI is InChI=1S/C30H37N3O5/c1-4-5-16-36-22-24(34)19-33(20-27-15-10-17-37-27)21-28-29(23-11-7-6-8-12-23)31-32(2)30(28)38-26-14-9-13-25(18-26)35-3/h6-15,17-18,24,34H,4-5,16,19-22H2,1-3H3/t24-/m1/s1. The highest BCUT2D eigenvalue weighted by molar-refractivity contribution is 5.65. The van der Waals surface area contributed by atoms with Gasteiger partial charge in [0.05, 0.1) is 38.2 Å². The van der Waals surface area contributed by atoms with E-state index in [0.717, 1.165) is 35.4 Å². The normalized spacial score (nSPS) is 12.1. The van der Waals surface area contributed by atoms with E-state index in [1.807, 2.05) is 73.8 Å². The average molecular weight is 520 g/mol. The van der Waals surface area contributed by atoms with Crippen molar-refractivity contribution in [3.05, 3.63) is 84.3 Å². The molecule has 0 unspecified atom stereocenters. The van der Waals surface area contributed by atoms with E-state index in [1.54, 1.807) is 18.1 Å². The van der Waals surface area contributed by atoms with Crippen molar-refractivity contribution in [3.8, 4) is 28.6 Å². The van der Waals surface area contributed by atoms with Crippen molar-refractivity contribution in [1.82, 2.24) is 14.7 Å². The molecule has 4 aromatic rings. The highest BCUT2D eigenvalue weighted by Gasteiger charge is 2.24. The molecule has 0 aliphatic carbocycles. The van der Waals surface area contributed by atoms with E-state index in [0.29, 0.717) is 43.6 Å². The summed E-state index contributed by atoms with van der Waals surface area (Å²) >= 11 is 0. The number of aliphatic hydroxyl groups excluding tert-OH is 1. The van der Waals surface area contributed by atoms with Gasteiger partial charge < -0.3 is 23.7 Å². The number of hydrogen-bond donors (Lipinski definition) is 1. The Balaban J connectivity index is 1.65. The molecule has 0 bridgehead atoms. The number of aliphatic hydroxyl groups is 1. The second-order valence-electron chi connectivity index (χ2n) is 9.23. The van der Waals surface area contributed by atoms with Crippen molar-refractivity contribution in [2.24, 2.45) is 7.05 Å². The molecule has 0 saturated carbocycles. The molecule has 1 N–H and O–H groups in total. The van der Waals surface area contributed by atoms with Gasteiger partial charge in [-0.15, -0.1) is 0 Å². The van der Waals surface area contributed by atoms with E-state index < -0.39 is 6.10 Å². The fraction of sp³-hybridized carbons (Fsp3) is 0.367. The number of methoxy groups -OCH3 is 1. The Labute approximate surface area is 224 Å². The fourth-order valence-electron chi connectivity index (χ4n) is 4.27. The summed E-state index contributed by atoms with van der Waals surface area (Å²) in [6.07, 6.45) is 3.04. The third-order valence-corrected chi connectivity index (χ3v) is 6.15. The lowest BCUT2D eigenvalue weighted by atomic mass is 10.1. The lowest BCUT2D eigenvalue weighted by Crippen LogP contribution is -2.34. The molecule has 2 heterocycles. The highest BCUT2D eigenvalue weighted by Crippen LogP contribution is 2.35. The molecule has 0 saturated heterocycles. The predicted octanol–water partition coefficient (Wildman–Crippen LogP) is 5.66. The lowest BCUT2D eigenvalue weighted by molar-refractivity contribution is 0.0117. The first-order valence-corrected chi connectivity index (χ1v) is 13.0. The van der Waals surface area contributed by atoms with Gasteiger partial charge in [0.15, 0.2) is 0 Å². The summed E-state index contributed by atoms with van der Waals surface area (Å²) in [4.78, 5) is 2.13. The van der Waals surface area contributed by atoms with Crippen molar-refractivity contribution in [2.45, 2.75) is 39.0 Å². The fourth-order valence-corrected chi connectivity index (χ4v) is 4.27. The zero-order valence-electron chi connectivity index (χ0n) is 22.4. The topological polar surface area (TPSA) is 82.1 Å². The van der Waals surface area contributed by atoms with Gasteiger partial charge in [0.1, 0.15) is 23.0 Å². The van der Waals surface area contributed by atoms with Crippen LogP contribution in [0.1, 0.15) is 31.1 Å². The molecule has 0 amide bonds. The van der Waals surface area contributed by atoms with Gasteiger partial charge >= 0.3 is 0 Å². The van der Waals surface area contributed by atoms with Crippen LogP contribution in [0.5, 0.6) is 17.4 Å². The van der Waals surface area contributed by atoms with Crippen LogP contribution in [0.4, 0.5) is 0 Å². The predicted molar refractivity (Wildman–Crippen MR) is 146 cm³/mol. The van der Waals surface area contributed by atoms with Gasteiger partial charge in [-0.1, -0.05) is 49.7 Å². The smallest absolute Gasteiger partial charge is 0.222 e. The molecule has 2 aromatic heterocycles. The molecule has 0 fully saturated rings. The van der Waals surface area contributed by atoms with Crippen LogP contribution in [-0.2, 0) is 24.9 Å². The van der Waals surface area contributed by atoms with E-state index in [-0.39, 0.29) is 6.61 Å². The van der Waals surface area contributed by atoms with Gasteiger partial charge in [-0.3, -0.25) is 4.90 Å². The third-order valence-electron chi connectivity index (χ3n) is 6.15. The van der Waals surface area contributed by atoms with E-state index >= 15 is 0 Å². The SMILES string of the molecule is CCCCOC[C@H](O)CN(Cc1ccco1)Cc1c(-c2ccccc2)nn(C)c1Oc1cccc(OC)c1. The van der Waals surface area contributed by atoms with Crippen molar-refractivity contribution < 1.29 is 23.7 Å². The molecule has 2 aromatic carbocycles. The molecular formula is C30H37N3O5. The molecule has 1 atom stereocenters. The summed E-state index contributed by atoms with van der Waals surface area (Å²) in [5.74, 6) is 2.79. The van der Waals surface area contributed by atoms with E-state index in [2.05, 4.69) is 11.8 Å². The van der Waals surface area contributed by atoms with Gasteiger partial charge in [0.25, 0.3) is 0 Å². The van der Waals surface area contributed by atoms with Gasteiger partial charge in [-0.25, -0.2) is 4.68 Å². The summed E-state index contributed by atoms with van der Waals surface area (Å²) in [6, 6.07) is 21.3. The zero-order valence-corrected chi connectivity index (χ0v) is 22.4. The average Bonchev–Trinajstić information content (AvgIpc) is 3.55. The molecule has 0 spiro atoms. The number of aromatic nitrogens is 2. The third kappa shape index (κ3) is 7.47. The maximum Gasteiger partial charge on any atom is 0.222 e. The van der Waals surface area contributed by atoms with Crippen LogP contribution in [0, 0.1) is 0 Å². The van der Waals surface area contributed by atoms with Crippen LogP contribution in [0.3, 0.4) is 0 Å². The van der Waals surface area contributed by atoms with Crippen LogP contribution >= 0.6 is 0 Å². The number of ether oxygens (including phenoxy) is 3. The first-order chi connectivity index (χ1) is 18.6.